The van der Waals surface area contributed by atoms with E-state index in [0.717, 1.165) is 16.3 Å². The van der Waals surface area contributed by atoms with Crippen LogP contribution in [-0.4, -0.2) is 53.1 Å². The van der Waals surface area contributed by atoms with Gasteiger partial charge in [-0.15, -0.1) is 10.2 Å². The van der Waals surface area contributed by atoms with Crippen molar-refractivity contribution in [1.29, 1.82) is 0 Å². The molecule has 0 spiro atoms. The van der Waals surface area contributed by atoms with Gasteiger partial charge < -0.3 is 9.64 Å². The summed E-state index contributed by atoms with van der Waals surface area (Å²) >= 11 is 1.43. The van der Waals surface area contributed by atoms with Gasteiger partial charge in [-0.25, -0.2) is 0 Å². The van der Waals surface area contributed by atoms with Crippen LogP contribution in [0.1, 0.15) is 11.1 Å². The van der Waals surface area contributed by atoms with Gasteiger partial charge in [0.2, 0.25) is 5.91 Å². The molecule has 6 heteroatoms. The molecule has 0 atom stereocenters. The Hall–Kier alpha value is -1.92. The lowest BCUT2D eigenvalue weighted by molar-refractivity contribution is -0.132. The monoisotopic (exact) mass is 343 g/mol. The Kier molecular flexibility index (Phi) is 5.48. The van der Waals surface area contributed by atoms with Crippen LogP contribution >= 0.6 is 11.8 Å². The first-order valence-electron chi connectivity index (χ1n) is 8.03. The molecule has 0 N–H and O–H groups in total. The molecule has 2 heterocycles. The van der Waals surface area contributed by atoms with Gasteiger partial charge in [-0.3, -0.25) is 4.79 Å². The molecule has 1 aromatic heterocycles. The summed E-state index contributed by atoms with van der Waals surface area (Å²) in [6.07, 6.45) is 0. The predicted octanol–water partition coefficient (Wildman–Crippen LogP) is 2.71. The van der Waals surface area contributed by atoms with E-state index in [1.165, 1.54) is 22.9 Å². The molecule has 3 rings (SSSR count). The van der Waals surface area contributed by atoms with Crippen LogP contribution in [-0.2, 0) is 9.53 Å². The Balaban J connectivity index is 1.60. The van der Waals surface area contributed by atoms with E-state index in [0.29, 0.717) is 32.1 Å². The van der Waals surface area contributed by atoms with E-state index in [1.807, 2.05) is 17.0 Å². The summed E-state index contributed by atoms with van der Waals surface area (Å²) in [6.45, 7) is 6.79. The summed E-state index contributed by atoms with van der Waals surface area (Å²) in [5.74, 6) is 0.515. The number of aryl methyl sites for hydroxylation is 2. The lowest BCUT2D eigenvalue weighted by Crippen LogP contribution is -2.41. The van der Waals surface area contributed by atoms with Crippen LogP contribution in [0.4, 0.5) is 0 Å². The molecule has 24 heavy (non-hydrogen) atoms. The zero-order valence-corrected chi connectivity index (χ0v) is 14.8. The van der Waals surface area contributed by atoms with Crippen molar-refractivity contribution in [2.75, 3.05) is 32.1 Å². The minimum absolute atomic E-state index is 0.128. The summed E-state index contributed by atoms with van der Waals surface area (Å²) in [4.78, 5) is 14.0. The number of ether oxygens (including phenoxy) is 1. The lowest BCUT2D eigenvalue weighted by atomic mass is 10.0. The van der Waals surface area contributed by atoms with Crippen molar-refractivity contribution >= 4 is 17.7 Å². The molecule has 0 radical (unpaired) electrons. The number of benzene rings is 1. The van der Waals surface area contributed by atoms with E-state index in [-0.39, 0.29) is 5.91 Å². The lowest BCUT2D eigenvalue weighted by Gasteiger charge is -2.26. The van der Waals surface area contributed by atoms with E-state index in [9.17, 15) is 4.79 Å². The van der Waals surface area contributed by atoms with Crippen LogP contribution in [0.15, 0.2) is 35.4 Å². The number of rotatable bonds is 4. The van der Waals surface area contributed by atoms with Crippen molar-refractivity contribution < 1.29 is 9.53 Å². The largest absolute Gasteiger partial charge is 0.378 e. The molecular formula is C18H21N3O2S. The molecule has 0 unspecified atom stereocenters. The molecule has 1 saturated heterocycles. The second-order valence-electron chi connectivity index (χ2n) is 5.84. The second kappa shape index (κ2) is 7.77. The number of morpholine rings is 1. The number of hydrogen-bond acceptors (Lipinski definition) is 5. The van der Waals surface area contributed by atoms with Gasteiger partial charge in [0.1, 0.15) is 5.03 Å². The van der Waals surface area contributed by atoms with Gasteiger partial charge in [-0.2, -0.15) is 0 Å². The molecule has 126 valence electrons. The number of carbonyl (C=O) groups is 1. The van der Waals surface area contributed by atoms with Crippen molar-refractivity contribution in [3.63, 3.8) is 0 Å². The maximum Gasteiger partial charge on any atom is 0.233 e. The average Bonchev–Trinajstić information content (AvgIpc) is 2.63. The summed E-state index contributed by atoms with van der Waals surface area (Å²) in [7, 11) is 0. The van der Waals surface area contributed by atoms with E-state index >= 15 is 0 Å². The SMILES string of the molecule is Cc1ccc(-c2ccc(SCC(=O)N3CCOCC3)nn2)cc1C. The highest BCUT2D eigenvalue weighted by molar-refractivity contribution is 7.99. The maximum absolute atomic E-state index is 12.1. The quantitative estimate of drug-likeness (QED) is 0.799. The first kappa shape index (κ1) is 16.9. The standard InChI is InChI=1S/C18H21N3O2S/c1-13-3-4-15(11-14(13)2)16-5-6-17(20-19-16)24-12-18(22)21-7-9-23-10-8-21/h3-6,11H,7-10,12H2,1-2H3. The Bertz CT molecular complexity index is 713. The Labute approximate surface area is 146 Å². The average molecular weight is 343 g/mol. The van der Waals surface area contributed by atoms with E-state index in [1.54, 1.807) is 0 Å². The third-order valence-electron chi connectivity index (χ3n) is 4.15. The Morgan fingerprint density at radius 1 is 1.12 bits per heavy atom. The number of hydrogen-bond donors (Lipinski definition) is 0. The molecular weight excluding hydrogens is 322 g/mol. The highest BCUT2D eigenvalue weighted by atomic mass is 32.2. The Morgan fingerprint density at radius 2 is 1.92 bits per heavy atom. The summed E-state index contributed by atoms with van der Waals surface area (Å²) in [6, 6.07) is 10.2. The fourth-order valence-electron chi connectivity index (χ4n) is 2.49. The topological polar surface area (TPSA) is 55.3 Å². The third kappa shape index (κ3) is 4.13. The van der Waals surface area contributed by atoms with Crippen molar-refractivity contribution in [2.45, 2.75) is 18.9 Å². The van der Waals surface area contributed by atoms with E-state index in [2.05, 4.69) is 42.2 Å². The van der Waals surface area contributed by atoms with Crippen LogP contribution < -0.4 is 0 Å². The van der Waals surface area contributed by atoms with Crippen LogP contribution in [0.25, 0.3) is 11.3 Å². The normalized spacial score (nSPS) is 14.7. The van der Waals surface area contributed by atoms with Crippen molar-refractivity contribution in [2.24, 2.45) is 0 Å². The van der Waals surface area contributed by atoms with Crippen molar-refractivity contribution in [3.05, 3.63) is 41.5 Å². The number of nitrogens with zero attached hydrogens (tertiary/aromatic N) is 3. The molecule has 0 aliphatic carbocycles. The fraction of sp³-hybridized carbons (Fsp3) is 0.389. The molecule has 1 fully saturated rings. The molecule has 0 bridgehead atoms. The van der Waals surface area contributed by atoms with Gasteiger partial charge in [0, 0.05) is 18.7 Å². The molecule has 5 nitrogen and oxygen atoms in total. The van der Waals surface area contributed by atoms with E-state index in [4.69, 9.17) is 4.74 Å². The van der Waals surface area contributed by atoms with Crippen LogP contribution in [0.3, 0.4) is 0 Å². The van der Waals surface area contributed by atoms with Crippen molar-refractivity contribution in [3.8, 4) is 11.3 Å². The maximum atomic E-state index is 12.1. The van der Waals surface area contributed by atoms with Gasteiger partial charge >= 0.3 is 0 Å². The highest BCUT2D eigenvalue weighted by Gasteiger charge is 2.17. The summed E-state index contributed by atoms with van der Waals surface area (Å²) in [5, 5.41) is 9.30. The first-order chi connectivity index (χ1) is 11.6. The molecule has 1 amide bonds. The minimum Gasteiger partial charge on any atom is -0.378 e. The zero-order chi connectivity index (χ0) is 16.9. The molecule has 0 saturated carbocycles. The fourth-order valence-corrected chi connectivity index (χ4v) is 3.21. The number of thioether (sulfide) groups is 1. The summed E-state index contributed by atoms with van der Waals surface area (Å²) in [5.41, 5.74) is 4.41. The number of amides is 1. The van der Waals surface area contributed by atoms with Crippen LogP contribution in [0, 0.1) is 13.8 Å². The molecule has 1 aliphatic heterocycles. The molecule has 1 aromatic carbocycles. The van der Waals surface area contributed by atoms with E-state index < -0.39 is 0 Å². The third-order valence-corrected chi connectivity index (χ3v) is 5.05. The van der Waals surface area contributed by atoms with Gasteiger partial charge in [-0.05, 0) is 43.2 Å². The Morgan fingerprint density at radius 3 is 2.58 bits per heavy atom. The first-order valence-corrected chi connectivity index (χ1v) is 9.02. The molecule has 2 aromatic rings. The molecule has 1 aliphatic rings. The van der Waals surface area contributed by atoms with Gasteiger partial charge in [-0.1, -0.05) is 23.9 Å². The van der Waals surface area contributed by atoms with Crippen LogP contribution in [0.5, 0.6) is 0 Å². The highest BCUT2D eigenvalue weighted by Crippen LogP contribution is 2.22. The predicted molar refractivity (Wildman–Crippen MR) is 95.1 cm³/mol. The zero-order valence-electron chi connectivity index (χ0n) is 14.0. The van der Waals surface area contributed by atoms with Gasteiger partial charge in [0.15, 0.2) is 0 Å². The van der Waals surface area contributed by atoms with Gasteiger partial charge in [0.05, 0.1) is 24.7 Å². The number of carbonyl (C=O) groups excluding carboxylic acids is 1. The minimum atomic E-state index is 0.128. The number of aromatic nitrogens is 2. The van der Waals surface area contributed by atoms with Crippen molar-refractivity contribution in [1.82, 2.24) is 15.1 Å². The second-order valence-corrected chi connectivity index (χ2v) is 6.83. The smallest absolute Gasteiger partial charge is 0.233 e. The van der Waals surface area contributed by atoms with Gasteiger partial charge in [0.25, 0.3) is 0 Å². The van der Waals surface area contributed by atoms with Crippen LogP contribution in [0.2, 0.25) is 0 Å². The summed E-state index contributed by atoms with van der Waals surface area (Å²) < 4.78 is 5.26.